The van der Waals surface area contributed by atoms with Crippen molar-refractivity contribution in [2.45, 2.75) is 51.0 Å². The lowest BCUT2D eigenvalue weighted by molar-refractivity contribution is 0.354. The van der Waals surface area contributed by atoms with E-state index < -0.39 is 35.9 Å². The summed E-state index contributed by atoms with van der Waals surface area (Å²) in [7, 11) is -10.5. The fraction of sp³-hybridized carbons (Fsp3) is 0.667. The van der Waals surface area contributed by atoms with Crippen molar-refractivity contribution < 1.29 is 25.3 Å². The molecule has 0 aliphatic carbocycles. The Morgan fingerprint density at radius 1 is 1.07 bits per heavy atom. The molecule has 29 heavy (non-hydrogen) atoms. The van der Waals surface area contributed by atoms with E-state index in [2.05, 4.69) is 0 Å². The quantitative estimate of drug-likeness (QED) is 0.652. The second-order valence-corrected chi connectivity index (χ2v) is 13.8. The maximum Gasteiger partial charge on any atom is 0.243 e. The summed E-state index contributed by atoms with van der Waals surface area (Å²) in [4.78, 5) is 0.127. The van der Waals surface area contributed by atoms with Crippen molar-refractivity contribution in [3.8, 4) is 0 Å². The van der Waals surface area contributed by atoms with Crippen LogP contribution in [0.25, 0.3) is 0 Å². The minimum Gasteiger partial charge on any atom is -0.270 e. The van der Waals surface area contributed by atoms with E-state index in [1.165, 1.54) is 8.61 Å². The van der Waals surface area contributed by atoms with Crippen molar-refractivity contribution in [1.29, 1.82) is 0 Å². The third-order valence-corrected chi connectivity index (χ3v) is 11.5. The van der Waals surface area contributed by atoms with Gasteiger partial charge in [-0.25, -0.2) is 25.3 Å². The molecule has 164 valence electrons. The molecule has 0 radical (unpaired) electrons. The van der Waals surface area contributed by atoms with Crippen molar-refractivity contribution in [2.24, 2.45) is 0 Å². The van der Waals surface area contributed by atoms with E-state index in [-0.39, 0.29) is 35.1 Å². The van der Waals surface area contributed by atoms with Gasteiger partial charge >= 0.3 is 0 Å². The SMILES string of the molecule is CCN([C@H]1CCS(=O)(=O)C1)S(=O)(=O)c1c(C)cc(N2CCCCS2(=O)=O)cc1C. The van der Waals surface area contributed by atoms with E-state index in [4.69, 9.17) is 0 Å². The number of rotatable bonds is 5. The lowest BCUT2D eigenvalue weighted by atomic mass is 10.1. The van der Waals surface area contributed by atoms with Crippen LogP contribution in [0.4, 0.5) is 5.69 Å². The molecule has 0 N–H and O–H groups in total. The highest BCUT2D eigenvalue weighted by Gasteiger charge is 2.39. The number of sulfone groups is 1. The van der Waals surface area contributed by atoms with Crippen molar-refractivity contribution in [1.82, 2.24) is 4.31 Å². The minimum absolute atomic E-state index is 0.00654. The maximum absolute atomic E-state index is 13.4. The Bertz CT molecular complexity index is 1090. The van der Waals surface area contributed by atoms with Gasteiger partial charge in [-0.3, -0.25) is 4.31 Å². The van der Waals surface area contributed by atoms with E-state index >= 15 is 0 Å². The summed E-state index contributed by atoms with van der Waals surface area (Å²) in [6.45, 7) is 5.55. The van der Waals surface area contributed by atoms with Gasteiger partial charge in [0.25, 0.3) is 0 Å². The first kappa shape index (κ1) is 22.5. The first-order valence-electron chi connectivity index (χ1n) is 9.73. The van der Waals surface area contributed by atoms with Crippen molar-refractivity contribution >= 4 is 35.6 Å². The lowest BCUT2D eigenvalue weighted by Gasteiger charge is -2.31. The van der Waals surface area contributed by atoms with Crippen LogP contribution in [0.15, 0.2) is 17.0 Å². The molecule has 2 heterocycles. The van der Waals surface area contributed by atoms with Crippen molar-refractivity contribution in [3.05, 3.63) is 23.3 Å². The van der Waals surface area contributed by atoms with Gasteiger partial charge in [0.05, 0.1) is 27.8 Å². The number of nitrogens with zero attached hydrogens (tertiary/aromatic N) is 2. The van der Waals surface area contributed by atoms with Crippen LogP contribution < -0.4 is 4.31 Å². The molecule has 0 aromatic heterocycles. The first-order valence-corrected chi connectivity index (χ1v) is 14.6. The van der Waals surface area contributed by atoms with Crippen molar-refractivity contribution in [2.75, 3.05) is 34.7 Å². The summed E-state index contributed by atoms with van der Waals surface area (Å²) in [5, 5.41) is 0. The van der Waals surface area contributed by atoms with E-state index in [0.717, 1.165) is 6.42 Å². The van der Waals surface area contributed by atoms with E-state index in [0.29, 0.717) is 29.8 Å². The van der Waals surface area contributed by atoms with Crippen molar-refractivity contribution in [3.63, 3.8) is 0 Å². The predicted octanol–water partition coefficient (Wildman–Crippen LogP) is 1.43. The van der Waals surface area contributed by atoms with Crippen LogP contribution in [0.2, 0.25) is 0 Å². The van der Waals surface area contributed by atoms with E-state index in [1.54, 1.807) is 32.9 Å². The van der Waals surface area contributed by atoms with Crippen LogP contribution in [-0.2, 0) is 29.9 Å². The fourth-order valence-electron chi connectivity index (χ4n) is 4.30. The molecule has 1 aromatic carbocycles. The van der Waals surface area contributed by atoms with Gasteiger partial charge in [-0.1, -0.05) is 6.92 Å². The second kappa shape index (κ2) is 7.82. The number of sulfonamides is 2. The molecule has 0 amide bonds. The van der Waals surface area contributed by atoms with E-state index in [9.17, 15) is 25.3 Å². The smallest absolute Gasteiger partial charge is 0.243 e. The van der Waals surface area contributed by atoms with Crippen LogP contribution in [-0.4, -0.2) is 65.9 Å². The molecule has 1 aromatic rings. The van der Waals surface area contributed by atoms with Gasteiger partial charge in [0.15, 0.2) is 9.84 Å². The predicted molar refractivity (Wildman–Crippen MR) is 113 cm³/mol. The molecule has 2 aliphatic heterocycles. The van der Waals surface area contributed by atoms with Gasteiger partial charge < -0.3 is 0 Å². The molecule has 0 unspecified atom stereocenters. The molecule has 0 spiro atoms. The van der Waals surface area contributed by atoms with Crippen LogP contribution >= 0.6 is 0 Å². The molecule has 0 saturated carbocycles. The highest BCUT2D eigenvalue weighted by Crippen LogP contribution is 2.33. The summed E-state index contributed by atoms with van der Waals surface area (Å²) >= 11 is 0. The Morgan fingerprint density at radius 2 is 1.69 bits per heavy atom. The highest BCUT2D eigenvalue weighted by molar-refractivity contribution is 7.93. The topological polar surface area (TPSA) is 109 Å². The Balaban J connectivity index is 2.02. The lowest BCUT2D eigenvalue weighted by Crippen LogP contribution is -2.41. The van der Waals surface area contributed by atoms with Gasteiger partial charge in [0.2, 0.25) is 20.0 Å². The Labute approximate surface area is 173 Å². The van der Waals surface area contributed by atoms with Gasteiger partial charge in [-0.15, -0.1) is 0 Å². The Morgan fingerprint density at radius 3 is 2.17 bits per heavy atom. The van der Waals surface area contributed by atoms with Crippen LogP contribution in [0.3, 0.4) is 0 Å². The zero-order valence-electron chi connectivity index (χ0n) is 17.0. The summed E-state index contributed by atoms with van der Waals surface area (Å²) in [6, 6.07) is 2.63. The molecule has 1 atom stereocenters. The third kappa shape index (κ3) is 4.33. The zero-order chi connectivity index (χ0) is 21.6. The zero-order valence-corrected chi connectivity index (χ0v) is 19.4. The van der Waals surface area contributed by atoms with Gasteiger partial charge in [0, 0.05) is 19.1 Å². The first-order chi connectivity index (χ1) is 13.4. The molecule has 2 saturated heterocycles. The number of benzene rings is 1. The van der Waals surface area contributed by atoms with Gasteiger partial charge in [-0.2, -0.15) is 4.31 Å². The molecule has 3 rings (SSSR count). The Hall–Kier alpha value is -1.17. The third-order valence-electron chi connectivity index (χ3n) is 5.58. The standard InChI is InChI=1S/C18H28N2O6S3/c1-4-19(16-7-10-27(21,22)13-16)29(25,26)18-14(2)11-17(12-15(18)3)20-8-5-6-9-28(20,23)24/h11-12,16H,4-10,13H2,1-3H3/t16-/m0/s1. The molecule has 8 nitrogen and oxygen atoms in total. The number of hydrogen-bond donors (Lipinski definition) is 0. The fourth-order valence-corrected chi connectivity index (χ4v) is 9.83. The molecule has 11 heteroatoms. The molecular formula is C18H28N2O6S3. The summed E-state index contributed by atoms with van der Waals surface area (Å²) in [6.07, 6.45) is 1.67. The van der Waals surface area contributed by atoms with Gasteiger partial charge in [0.1, 0.15) is 0 Å². The normalized spacial score (nSPS) is 24.1. The maximum atomic E-state index is 13.4. The van der Waals surface area contributed by atoms with Gasteiger partial charge in [-0.05, 0) is 56.4 Å². The monoisotopic (exact) mass is 464 g/mol. The number of aryl methyl sites for hydroxylation is 2. The molecule has 2 fully saturated rings. The van der Waals surface area contributed by atoms with Crippen LogP contribution in [0.5, 0.6) is 0 Å². The number of anilines is 1. The average Bonchev–Trinajstić information content (AvgIpc) is 2.93. The number of hydrogen-bond acceptors (Lipinski definition) is 6. The van der Waals surface area contributed by atoms with Crippen LogP contribution in [0.1, 0.15) is 37.3 Å². The largest absolute Gasteiger partial charge is 0.270 e. The summed E-state index contributed by atoms with van der Waals surface area (Å²) in [5.41, 5.74) is 1.39. The summed E-state index contributed by atoms with van der Waals surface area (Å²) in [5.74, 6) is -0.0827. The minimum atomic E-state index is -3.92. The highest BCUT2D eigenvalue weighted by atomic mass is 32.2. The summed E-state index contributed by atoms with van der Waals surface area (Å²) < 4.78 is 78.0. The van der Waals surface area contributed by atoms with E-state index in [1.807, 2.05) is 0 Å². The molecule has 2 aliphatic rings. The molecular weight excluding hydrogens is 436 g/mol. The second-order valence-electron chi connectivity index (χ2n) is 7.77. The van der Waals surface area contributed by atoms with Crippen LogP contribution in [0, 0.1) is 13.8 Å². The Kier molecular flexibility index (Phi) is 6.07. The average molecular weight is 465 g/mol. The molecule has 0 bridgehead atoms.